The van der Waals surface area contributed by atoms with E-state index in [-0.39, 0.29) is 17.9 Å². The number of amides is 1. The monoisotopic (exact) mass is 271 g/mol. The number of anilines is 1. The van der Waals surface area contributed by atoms with Crippen molar-refractivity contribution in [1.82, 2.24) is 10.3 Å². The molecule has 0 saturated heterocycles. The van der Waals surface area contributed by atoms with Gasteiger partial charge in [-0.05, 0) is 12.3 Å². The van der Waals surface area contributed by atoms with Crippen LogP contribution in [0.2, 0.25) is 0 Å². The summed E-state index contributed by atoms with van der Waals surface area (Å²) in [5.41, 5.74) is -0.240. The lowest BCUT2D eigenvalue weighted by molar-refractivity contribution is 0.0588. The lowest BCUT2D eigenvalue weighted by atomic mass is 9.89. The first-order valence-corrected chi connectivity index (χ1v) is 6.82. The Bertz CT molecular complexity index is 398. The molecule has 1 aromatic heterocycles. The summed E-state index contributed by atoms with van der Waals surface area (Å²) in [4.78, 5) is 16.4. The molecule has 0 aromatic carbocycles. The van der Waals surface area contributed by atoms with Gasteiger partial charge in [-0.15, -0.1) is 0 Å². The number of thiazole rings is 1. The molecular formula is C12H21N3O2S. The van der Waals surface area contributed by atoms with Gasteiger partial charge in [-0.2, -0.15) is 0 Å². The Hall–Kier alpha value is -1.14. The molecule has 1 unspecified atom stereocenters. The van der Waals surface area contributed by atoms with Crippen molar-refractivity contribution < 1.29 is 9.90 Å². The van der Waals surface area contributed by atoms with Gasteiger partial charge in [-0.3, -0.25) is 4.79 Å². The van der Waals surface area contributed by atoms with Crippen LogP contribution in [0.4, 0.5) is 5.13 Å². The topological polar surface area (TPSA) is 74.2 Å². The highest BCUT2D eigenvalue weighted by atomic mass is 32.1. The number of nitrogens with zero attached hydrogens (tertiary/aromatic N) is 1. The highest BCUT2D eigenvalue weighted by Gasteiger charge is 2.22. The van der Waals surface area contributed by atoms with Gasteiger partial charge < -0.3 is 15.7 Å². The van der Waals surface area contributed by atoms with Gasteiger partial charge in [-0.1, -0.05) is 32.1 Å². The minimum Gasteiger partial charge on any atom is -0.391 e. The van der Waals surface area contributed by atoms with Crippen molar-refractivity contribution in [2.75, 3.05) is 18.4 Å². The van der Waals surface area contributed by atoms with E-state index in [9.17, 15) is 9.90 Å². The molecule has 6 heteroatoms. The molecule has 0 bridgehead atoms. The zero-order chi connectivity index (χ0) is 13.8. The summed E-state index contributed by atoms with van der Waals surface area (Å²) in [6.07, 6.45) is 0.976. The fourth-order valence-corrected chi connectivity index (χ4v) is 2.00. The zero-order valence-corrected chi connectivity index (χ0v) is 12.1. The second kappa shape index (κ2) is 6.15. The number of nitrogens with one attached hydrogen (secondary N) is 2. The van der Waals surface area contributed by atoms with Gasteiger partial charge in [-0.25, -0.2) is 4.98 Å². The SMILES string of the molecule is CCNc1ncc(C(=O)NCC(O)C(C)(C)C)s1. The van der Waals surface area contributed by atoms with Crippen LogP contribution < -0.4 is 10.6 Å². The molecule has 18 heavy (non-hydrogen) atoms. The molecule has 102 valence electrons. The Kier molecular flexibility index (Phi) is 5.10. The van der Waals surface area contributed by atoms with E-state index >= 15 is 0 Å². The molecular weight excluding hydrogens is 250 g/mol. The van der Waals surface area contributed by atoms with Crippen LogP contribution in [-0.4, -0.2) is 35.2 Å². The van der Waals surface area contributed by atoms with Crippen LogP contribution in [0.3, 0.4) is 0 Å². The molecule has 0 aliphatic heterocycles. The quantitative estimate of drug-likeness (QED) is 0.762. The number of rotatable bonds is 5. The zero-order valence-electron chi connectivity index (χ0n) is 11.3. The molecule has 1 rings (SSSR count). The molecule has 0 fully saturated rings. The fraction of sp³-hybridized carbons (Fsp3) is 0.667. The van der Waals surface area contributed by atoms with Gasteiger partial charge >= 0.3 is 0 Å². The van der Waals surface area contributed by atoms with Crippen LogP contribution in [0.5, 0.6) is 0 Å². The van der Waals surface area contributed by atoms with Gasteiger partial charge in [0.1, 0.15) is 4.88 Å². The number of hydrogen-bond acceptors (Lipinski definition) is 5. The third kappa shape index (κ3) is 4.27. The summed E-state index contributed by atoms with van der Waals surface area (Å²) >= 11 is 1.31. The third-order valence-corrected chi connectivity index (χ3v) is 3.47. The summed E-state index contributed by atoms with van der Waals surface area (Å²) in [5.74, 6) is -0.194. The van der Waals surface area contributed by atoms with E-state index in [4.69, 9.17) is 0 Å². The predicted octanol–water partition coefficient (Wildman–Crippen LogP) is 1.71. The van der Waals surface area contributed by atoms with Gasteiger partial charge in [0.25, 0.3) is 5.91 Å². The van der Waals surface area contributed by atoms with Crippen LogP contribution >= 0.6 is 11.3 Å². The van der Waals surface area contributed by atoms with E-state index in [0.29, 0.717) is 4.88 Å². The van der Waals surface area contributed by atoms with E-state index in [0.717, 1.165) is 11.7 Å². The summed E-state index contributed by atoms with van der Waals surface area (Å²) < 4.78 is 0. The first-order valence-electron chi connectivity index (χ1n) is 6.00. The number of aromatic nitrogens is 1. The summed E-state index contributed by atoms with van der Waals surface area (Å²) in [7, 11) is 0. The number of hydrogen-bond donors (Lipinski definition) is 3. The molecule has 3 N–H and O–H groups in total. The van der Waals surface area contributed by atoms with Crippen molar-refractivity contribution in [1.29, 1.82) is 0 Å². The van der Waals surface area contributed by atoms with Crippen molar-refractivity contribution in [2.24, 2.45) is 5.41 Å². The second-order valence-electron chi connectivity index (χ2n) is 5.15. The molecule has 0 aliphatic carbocycles. The largest absolute Gasteiger partial charge is 0.391 e. The van der Waals surface area contributed by atoms with Crippen molar-refractivity contribution in [3.63, 3.8) is 0 Å². The van der Waals surface area contributed by atoms with Crippen molar-refractivity contribution in [2.45, 2.75) is 33.8 Å². The highest BCUT2D eigenvalue weighted by molar-refractivity contribution is 7.17. The van der Waals surface area contributed by atoms with Gasteiger partial charge in [0.05, 0.1) is 12.3 Å². The highest BCUT2D eigenvalue weighted by Crippen LogP contribution is 2.19. The lowest BCUT2D eigenvalue weighted by Crippen LogP contribution is -2.39. The van der Waals surface area contributed by atoms with Gasteiger partial charge in [0.2, 0.25) is 0 Å². The van der Waals surface area contributed by atoms with Crippen molar-refractivity contribution in [3.8, 4) is 0 Å². The van der Waals surface area contributed by atoms with Crippen LogP contribution in [-0.2, 0) is 0 Å². The molecule has 0 spiro atoms. The summed E-state index contributed by atoms with van der Waals surface area (Å²) in [5, 5.41) is 16.3. The standard InChI is InChI=1S/C12H21N3O2S/c1-5-13-11-15-6-8(18-11)10(17)14-7-9(16)12(2,3)4/h6,9,16H,5,7H2,1-4H3,(H,13,15)(H,14,17). The van der Waals surface area contributed by atoms with Gasteiger partial charge in [0, 0.05) is 13.1 Å². The summed E-state index contributed by atoms with van der Waals surface area (Å²) in [6, 6.07) is 0. The molecule has 1 atom stereocenters. The molecule has 1 heterocycles. The van der Waals surface area contributed by atoms with Gasteiger partial charge in [0.15, 0.2) is 5.13 Å². The number of aliphatic hydroxyl groups excluding tert-OH is 1. The first kappa shape index (κ1) is 14.9. The van der Waals surface area contributed by atoms with Crippen LogP contribution in [0.1, 0.15) is 37.4 Å². The Labute approximate surface area is 112 Å². The average Bonchev–Trinajstić information content (AvgIpc) is 2.73. The lowest BCUT2D eigenvalue weighted by Gasteiger charge is -2.25. The summed E-state index contributed by atoms with van der Waals surface area (Å²) in [6.45, 7) is 8.79. The molecule has 5 nitrogen and oxygen atoms in total. The maximum Gasteiger partial charge on any atom is 0.263 e. The number of carbonyl (C=O) groups is 1. The predicted molar refractivity (Wildman–Crippen MR) is 74.1 cm³/mol. The Morgan fingerprint density at radius 1 is 1.56 bits per heavy atom. The Morgan fingerprint density at radius 3 is 2.78 bits per heavy atom. The van der Waals surface area contributed by atoms with Crippen LogP contribution in [0.25, 0.3) is 0 Å². The van der Waals surface area contributed by atoms with E-state index in [1.165, 1.54) is 11.3 Å². The maximum absolute atomic E-state index is 11.8. The van der Waals surface area contributed by atoms with Crippen molar-refractivity contribution >= 4 is 22.4 Å². The first-order chi connectivity index (χ1) is 8.34. The molecule has 0 radical (unpaired) electrons. The van der Waals surface area contributed by atoms with Crippen LogP contribution in [0, 0.1) is 5.41 Å². The minimum absolute atomic E-state index is 0.194. The molecule has 1 aromatic rings. The smallest absolute Gasteiger partial charge is 0.263 e. The second-order valence-corrected chi connectivity index (χ2v) is 6.18. The molecule has 0 saturated carbocycles. The third-order valence-electron chi connectivity index (χ3n) is 2.51. The van der Waals surface area contributed by atoms with Crippen LogP contribution in [0.15, 0.2) is 6.20 Å². The number of carbonyl (C=O) groups excluding carboxylic acids is 1. The number of aliphatic hydroxyl groups is 1. The normalized spacial score (nSPS) is 13.2. The average molecular weight is 271 g/mol. The minimum atomic E-state index is -0.567. The maximum atomic E-state index is 11.8. The van der Waals surface area contributed by atoms with E-state index in [2.05, 4.69) is 15.6 Å². The fourth-order valence-electron chi connectivity index (χ4n) is 1.19. The Balaban J connectivity index is 2.50. The Morgan fingerprint density at radius 2 is 2.22 bits per heavy atom. The van der Waals surface area contributed by atoms with E-state index in [1.807, 2.05) is 27.7 Å². The van der Waals surface area contributed by atoms with E-state index in [1.54, 1.807) is 6.20 Å². The molecule has 0 aliphatic rings. The van der Waals surface area contributed by atoms with E-state index < -0.39 is 6.10 Å². The molecule has 1 amide bonds. The van der Waals surface area contributed by atoms with Crippen molar-refractivity contribution in [3.05, 3.63) is 11.1 Å².